The van der Waals surface area contributed by atoms with Gasteiger partial charge in [-0.2, -0.15) is 0 Å². The van der Waals surface area contributed by atoms with Crippen molar-refractivity contribution in [2.75, 3.05) is 19.0 Å². The lowest BCUT2D eigenvalue weighted by atomic mass is 9.95. The van der Waals surface area contributed by atoms with Crippen molar-refractivity contribution in [3.63, 3.8) is 0 Å². The van der Waals surface area contributed by atoms with Crippen LogP contribution in [0.5, 0.6) is 5.75 Å². The van der Waals surface area contributed by atoms with Crippen molar-refractivity contribution in [3.05, 3.63) is 71.5 Å². The Morgan fingerprint density at radius 1 is 1.15 bits per heavy atom. The summed E-state index contributed by atoms with van der Waals surface area (Å²) in [5.41, 5.74) is 3.57. The summed E-state index contributed by atoms with van der Waals surface area (Å²) in [6.45, 7) is 7.48. The second kappa shape index (κ2) is 13.0. The monoisotopic (exact) mass is 568 g/mol. The summed E-state index contributed by atoms with van der Waals surface area (Å²) in [4.78, 5) is 6.66. The number of benzene rings is 2. The summed E-state index contributed by atoms with van der Waals surface area (Å²) in [5, 5.41) is 4.11. The van der Waals surface area contributed by atoms with Crippen LogP contribution in [0.25, 0.3) is 0 Å². The van der Waals surface area contributed by atoms with Crippen LogP contribution in [0, 0.1) is 12.8 Å². The topological polar surface area (TPSA) is 76.5 Å². The summed E-state index contributed by atoms with van der Waals surface area (Å²) < 4.78 is 34.7. The van der Waals surface area contributed by atoms with Crippen molar-refractivity contribution in [1.82, 2.24) is 14.5 Å². The fraction of sp³-hybridized carbons (Fsp3) is 0.467. The van der Waals surface area contributed by atoms with Gasteiger partial charge in [0.25, 0.3) is 0 Å². The Labute approximate surface area is 238 Å². The number of rotatable bonds is 10. The Morgan fingerprint density at radius 2 is 1.87 bits per heavy atom. The summed E-state index contributed by atoms with van der Waals surface area (Å²) in [6.07, 6.45) is 7.01. The predicted octanol–water partition coefficient (Wildman–Crippen LogP) is 6.53. The minimum absolute atomic E-state index is 0.0645. The zero-order valence-electron chi connectivity index (χ0n) is 23.4. The molecule has 0 amide bonds. The highest BCUT2D eigenvalue weighted by Gasteiger charge is 2.30. The molecule has 39 heavy (non-hydrogen) atoms. The molecule has 210 valence electrons. The number of aryl methyl sites for hydroxylation is 1. The normalized spacial score (nSPS) is 14.4. The number of hydrogen-bond donors (Lipinski definition) is 1. The Kier molecular flexibility index (Phi) is 9.67. The highest BCUT2D eigenvalue weighted by atomic mass is 32.2. The molecule has 1 saturated carbocycles. The van der Waals surface area contributed by atoms with E-state index in [1.807, 2.05) is 60.0 Å². The number of methoxy groups -OCH3 is 1. The molecule has 1 heterocycles. The third-order valence-corrected chi connectivity index (χ3v) is 9.00. The average Bonchev–Trinajstić information content (AvgIpc) is 3.33. The van der Waals surface area contributed by atoms with Crippen molar-refractivity contribution in [2.45, 2.75) is 76.4 Å². The van der Waals surface area contributed by atoms with Gasteiger partial charge in [0.05, 0.1) is 31.3 Å². The van der Waals surface area contributed by atoms with Crippen LogP contribution in [-0.4, -0.2) is 41.6 Å². The predicted molar refractivity (Wildman–Crippen MR) is 161 cm³/mol. The number of nitrogens with zero attached hydrogens (tertiary/aromatic N) is 3. The molecule has 1 fully saturated rings. The van der Waals surface area contributed by atoms with Gasteiger partial charge in [-0.1, -0.05) is 62.9 Å². The standard InChI is InChI=1S/C30H40N4O3S2/c1-22(2)19-33(29(38)32-25-13-15-28(37-4)16-14-25)20-27-18-31-30(34(27)26-11-6-5-7-12-26)39(35,36)21-24-10-8-9-23(3)17-24/h8-10,13-18,22,26H,5-7,11-12,19-21H2,1-4H3,(H,32,38). The lowest BCUT2D eigenvalue weighted by molar-refractivity contribution is 0.305. The van der Waals surface area contributed by atoms with Crippen LogP contribution in [0.15, 0.2) is 59.9 Å². The number of sulfone groups is 1. The summed E-state index contributed by atoms with van der Waals surface area (Å²) in [5.74, 6) is 1.07. The first-order valence-electron chi connectivity index (χ1n) is 13.7. The first kappa shape index (κ1) is 29.1. The Morgan fingerprint density at radius 3 is 2.51 bits per heavy atom. The molecule has 7 nitrogen and oxygen atoms in total. The van der Waals surface area contributed by atoms with Gasteiger partial charge in [0.2, 0.25) is 15.0 Å². The number of anilines is 1. The van der Waals surface area contributed by atoms with Gasteiger partial charge in [0.1, 0.15) is 5.75 Å². The van der Waals surface area contributed by atoms with Gasteiger partial charge < -0.3 is 19.5 Å². The molecule has 1 aliphatic carbocycles. The van der Waals surface area contributed by atoms with Crippen LogP contribution in [0.4, 0.5) is 5.69 Å². The average molecular weight is 569 g/mol. The first-order valence-corrected chi connectivity index (χ1v) is 15.8. The van der Waals surface area contributed by atoms with Crippen molar-refractivity contribution in [1.29, 1.82) is 0 Å². The number of imidazole rings is 1. The van der Waals surface area contributed by atoms with Gasteiger partial charge >= 0.3 is 0 Å². The fourth-order valence-electron chi connectivity index (χ4n) is 5.27. The second-order valence-electron chi connectivity index (χ2n) is 10.9. The number of ether oxygens (including phenoxy) is 1. The van der Waals surface area contributed by atoms with Crippen molar-refractivity contribution >= 4 is 32.9 Å². The minimum atomic E-state index is -3.65. The molecule has 1 N–H and O–H groups in total. The lowest BCUT2D eigenvalue weighted by Crippen LogP contribution is -2.37. The van der Waals surface area contributed by atoms with Gasteiger partial charge in [0.15, 0.2) is 5.11 Å². The molecule has 0 bridgehead atoms. The van der Waals surface area contributed by atoms with E-state index in [-0.39, 0.29) is 17.0 Å². The van der Waals surface area contributed by atoms with Crippen molar-refractivity contribution in [3.8, 4) is 5.75 Å². The number of nitrogens with one attached hydrogen (secondary N) is 1. The lowest BCUT2D eigenvalue weighted by Gasteiger charge is -2.31. The molecular weight excluding hydrogens is 528 g/mol. The van der Waals surface area contributed by atoms with Crippen LogP contribution in [0.2, 0.25) is 0 Å². The highest BCUT2D eigenvalue weighted by molar-refractivity contribution is 7.90. The Hall–Kier alpha value is -2.91. The van der Waals surface area contributed by atoms with Crippen molar-refractivity contribution < 1.29 is 13.2 Å². The zero-order chi connectivity index (χ0) is 28.0. The Balaban J connectivity index is 1.64. The first-order chi connectivity index (χ1) is 18.7. The van der Waals surface area contributed by atoms with Crippen LogP contribution in [-0.2, 0) is 22.1 Å². The molecule has 2 aromatic carbocycles. The van der Waals surface area contributed by atoms with E-state index < -0.39 is 9.84 Å². The van der Waals surface area contributed by atoms with Crippen LogP contribution >= 0.6 is 12.2 Å². The van der Waals surface area contributed by atoms with Gasteiger partial charge in [-0.05, 0) is 67.7 Å². The van der Waals surface area contributed by atoms with Gasteiger partial charge in [-0.3, -0.25) is 0 Å². The summed E-state index contributed by atoms with van der Waals surface area (Å²) in [7, 11) is -2.01. The van der Waals surface area contributed by atoms with Crippen LogP contribution in [0.1, 0.15) is 68.8 Å². The highest BCUT2D eigenvalue weighted by Crippen LogP contribution is 2.33. The summed E-state index contributed by atoms with van der Waals surface area (Å²) in [6, 6.07) is 15.4. The molecule has 0 radical (unpaired) electrons. The molecule has 1 aliphatic rings. The fourth-order valence-corrected chi connectivity index (χ4v) is 7.06. The molecular formula is C30H40N4O3S2. The smallest absolute Gasteiger partial charge is 0.228 e. The largest absolute Gasteiger partial charge is 0.497 e. The number of hydrogen-bond acceptors (Lipinski definition) is 5. The molecule has 0 unspecified atom stereocenters. The third-order valence-electron chi connectivity index (χ3n) is 7.06. The van der Waals surface area contributed by atoms with Crippen LogP contribution in [0.3, 0.4) is 0 Å². The zero-order valence-corrected chi connectivity index (χ0v) is 25.0. The van der Waals surface area contributed by atoms with E-state index in [1.165, 1.54) is 6.42 Å². The van der Waals surface area contributed by atoms with E-state index in [0.717, 1.165) is 60.5 Å². The van der Waals surface area contributed by atoms with Gasteiger partial charge in [-0.15, -0.1) is 0 Å². The van der Waals surface area contributed by atoms with E-state index in [0.29, 0.717) is 17.6 Å². The van der Waals surface area contributed by atoms with E-state index in [2.05, 4.69) is 29.0 Å². The quantitative estimate of drug-likeness (QED) is 0.279. The van der Waals surface area contributed by atoms with Crippen molar-refractivity contribution in [2.24, 2.45) is 5.92 Å². The van der Waals surface area contributed by atoms with E-state index in [9.17, 15) is 8.42 Å². The number of aromatic nitrogens is 2. The SMILES string of the molecule is COc1ccc(NC(=S)N(Cc2cnc(S(=O)(=O)Cc3cccc(C)c3)n2C2CCCCC2)CC(C)C)cc1. The van der Waals surface area contributed by atoms with E-state index in [4.69, 9.17) is 17.0 Å². The maximum atomic E-state index is 13.7. The molecule has 0 saturated heterocycles. The van der Waals surface area contributed by atoms with Crippen LogP contribution < -0.4 is 10.1 Å². The second-order valence-corrected chi connectivity index (χ2v) is 13.1. The third kappa shape index (κ3) is 7.60. The van der Waals surface area contributed by atoms with E-state index >= 15 is 0 Å². The van der Waals surface area contributed by atoms with Gasteiger partial charge in [0, 0.05) is 18.3 Å². The molecule has 0 spiro atoms. The minimum Gasteiger partial charge on any atom is -0.497 e. The molecule has 0 atom stereocenters. The molecule has 4 rings (SSSR count). The summed E-state index contributed by atoms with van der Waals surface area (Å²) >= 11 is 5.85. The Bertz CT molecular complexity index is 1360. The van der Waals surface area contributed by atoms with Gasteiger partial charge in [-0.25, -0.2) is 13.4 Å². The van der Waals surface area contributed by atoms with E-state index in [1.54, 1.807) is 13.3 Å². The maximum Gasteiger partial charge on any atom is 0.228 e. The molecule has 1 aromatic heterocycles. The maximum absolute atomic E-state index is 13.7. The molecule has 0 aliphatic heterocycles. The number of thiocarbonyl (C=S) groups is 1. The molecule has 3 aromatic rings. The molecule has 9 heteroatoms.